The molecule has 0 aromatic heterocycles. The fourth-order valence-electron chi connectivity index (χ4n) is 4.62. The molecular weight excluding hydrogens is 356 g/mol. The van der Waals surface area contributed by atoms with E-state index in [1.54, 1.807) is 8.61 Å². The zero-order chi connectivity index (χ0) is 18.7. The third kappa shape index (κ3) is 3.56. The fourth-order valence-corrected chi connectivity index (χ4v) is 6.41. The molecule has 2 aromatic carbocycles. The van der Waals surface area contributed by atoms with E-state index in [9.17, 15) is 8.42 Å². The Morgan fingerprint density at radius 1 is 0.667 bits per heavy atom. The molecule has 4 rings (SSSR count). The number of hydrogen-bond acceptors (Lipinski definition) is 2. The Labute approximate surface area is 163 Å². The topological polar surface area (TPSA) is 40.6 Å². The van der Waals surface area contributed by atoms with Gasteiger partial charge < -0.3 is 0 Å². The van der Waals surface area contributed by atoms with Crippen LogP contribution >= 0.6 is 0 Å². The third-order valence-corrected chi connectivity index (χ3v) is 8.06. The van der Waals surface area contributed by atoms with Crippen molar-refractivity contribution in [1.82, 2.24) is 8.61 Å². The summed E-state index contributed by atoms with van der Waals surface area (Å²) in [4.78, 5) is 0. The molecule has 0 N–H and O–H groups in total. The van der Waals surface area contributed by atoms with Crippen molar-refractivity contribution in [3.63, 3.8) is 0 Å². The maximum atomic E-state index is 13.3. The number of rotatable bonds is 4. The fraction of sp³-hybridized carbons (Fsp3) is 0.455. The van der Waals surface area contributed by atoms with E-state index in [4.69, 9.17) is 0 Å². The van der Waals surface area contributed by atoms with E-state index in [-0.39, 0.29) is 5.41 Å². The number of nitrogens with zero attached hydrogens (tertiary/aromatic N) is 2. The monoisotopic (exact) mass is 384 g/mol. The van der Waals surface area contributed by atoms with Crippen LogP contribution in [0, 0.1) is 0 Å². The second-order valence-corrected chi connectivity index (χ2v) is 9.65. The average molecular weight is 385 g/mol. The van der Waals surface area contributed by atoms with Gasteiger partial charge in [-0.1, -0.05) is 67.1 Å². The summed E-state index contributed by atoms with van der Waals surface area (Å²) >= 11 is 0. The number of benzene rings is 2. The minimum atomic E-state index is -3.41. The summed E-state index contributed by atoms with van der Waals surface area (Å²) in [5.41, 5.74) is 2.12. The lowest BCUT2D eigenvalue weighted by Crippen LogP contribution is -2.54. The zero-order valence-corrected chi connectivity index (χ0v) is 16.6. The Balaban J connectivity index is 1.72. The largest absolute Gasteiger partial charge is 0.282 e. The number of hydrogen-bond donors (Lipinski definition) is 0. The standard InChI is InChI=1S/C22H28N2O2S/c25-27(26,23-16-8-3-9-17-23)24-18-10-15-22(19-24,20-11-4-1-5-12-20)21-13-6-2-7-14-21/h1-2,4-7,11-14H,3,8-10,15-19H2. The van der Waals surface area contributed by atoms with Crippen LogP contribution in [0.5, 0.6) is 0 Å². The van der Waals surface area contributed by atoms with Crippen molar-refractivity contribution >= 4 is 10.2 Å². The van der Waals surface area contributed by atoms with E-state index in [1.165, 1.54) is 11.1 Å². The van der Waals surface area contributed by atoms with Crippen molar-refractivity contribution in [3.05, 3.63) is 71.8 Å². The molecule has 2 aliphatic rings. The van der Waals surface area contributed by atoms with Crippen molar-refractivity contribution in [3.8, 4) is 0 Å². The first kappa shape index (κ1) is 18.7. The lowest BCUT2D eigenvalue weighted by molar-refractivity contribution is 0.232. The van der Waals surface area contributed by atoms with Crippen molar-refractivity contribution in [1.29, 1.82) is 0 Å². The Morgan fingerprint density at radius 3 is 1.74 bits per heavy atom. The molecule has 2 saturated heterocycles. The average Bonchev–Trinajstić information content (AvgIpc) is 2.75. The third-order valence-electron chi connectivity index (χ3n) is 6.08. The zero-order valence-electron chi connectivity index (χ0n) is 15.8. The SMILES string of the molecule is O=S(=O)(N1CCCCC1)N1CCCC(c2ccccc2)(c2ccccc2)C1. The molecule has 2 aromatic rings. The second kappa shape index (κ2) is 7.74. The molecule has 2 aliphatic heterocycles. The molecule has 0 atom stereocenters. The van der Waals surface area contributed by atoms with Crippen LogP contribution in [0.1, 0.15) is 43.2 Å². The van der Waals surface area contributed by atoms with Crippen molar-refractivity contribution in [2.45, 2.75) is 37.5 Å². The highest BCUT2D eigenvalue weighted by atomic mass is 32.2. The Bertz CT molecular complexity index is 807. The summed E-state index contributed by atoms with van der Waals surface area (Å²) in [6, 6.07) is 20.8. The highest BCUT2D eigenvalue weighted by Crippen LogP contribution is 2.41. The van der Waals surface area contributed by atoms with Gasteiger partial charge in [-0.2, -0.15) is 17.0 Å². The van der Waals surface area contributed by atoms with Crippen LogP contribution in [-0.2, 0) is 15.6 Å². The Hall–Kier alpha value is -1.69. The van der Waals surface area contributed by atoms with Crippen LogP contribution in [0.15, 0.2) is 60.7 Å². The van der Waals surface area contributed by atoms with E-state index >= 15 is 0 Å². The first-order valence-electron chi connectivity index (χ1n) is 9.99. The maximum Gasteiger partial charge on any atom is 0.282 e. The van der Waals surface area contributed by atoms with Crippen molar-refractivity contribution in [2.75, 3.05) is 26.2 Å². The molecular formula is C22H28N2O2S. The van der Waals surface area contributed by atoms with Crippen LogP contribution in [-0.4, -0.2) is 43.2 Å². The molecule has 144 valence electrons. The van der Waals surface area contributed by atoms with Gasteiger partial charge in [0.15, 0.2) is 0 Å². The minimum absolute atomic E-state index is 0.288. The normalized spacial score (nSPS) is 21.8. The maximum absolute atomic E-state index is 13.3. The quantitative estimate of drug-likeness (QED) is 0.804. The molecule has 0 amide bonds. The predicted molar refractivity (Wildman–Crippen MR) is 109 cm³/mol. The van der Waals surface area contributed by atoms with E-state index in [0.717, 1.165) is 32.1 Å². The molecule has 0 radical (unpaired) electrons. The van der Waals surface area contributed by atoms with Gasteiger partial charge in [-0.25, -0.2) is 0 Å². The van der Waals surface area contributed by atoms with Crippen LogP contribution in [0.25, 0.3) is 0 Å². The lowest BCUT2D eigenvalue weighted by atomic mass is 9.70. The Kier molecular flexibility index (Phi) is 5.35. The molecule has 0 saturated carbocycles. The van der Waals surface area contributed by atoms with Crippen molar-refractivity contribution in [2.24, 2.45) is 0 Å². The summed E-state index contributed by atoms with van der Waals surface area (Å²) in [6.45, 7) is 2.44. The molecule has 0 spiro atoms. The highest BCUT2D eigenvalue weighted by molar-refractivity contribution is 7.86. The van der Waals surface area contributed by atoms with Gasteiger partial charge >= 0.3 is 0 Å². The predicted octanol–water partition coefficient (Wildman–Crippen LogP) is 3.80. The summed E-state index contributed by atoms with van der Waals surface area (Å²) < 4.78 is 30.1. The summed E-state index contributed by atoms with van der Waals surface area (Å²) in [7, 11) is -3.41. The van der Waals surface area contributed by atoms with E-state index < -0.39 is 10.2 Å². The first-order chi connectivity index (χ1) is 13.1. The van der Waals surface area contributed by atoms with Crippen LogP contribution in [0.2, 0.25) is 0 Å². The summed E-state index contributed by atoms with van der Waals surface area (Å²) in [6.07, 6.45) is 4.90. The van der Waals surface area contributed by atoms with E-state index in [1.807, 2.05) is 12.1 Å². The van der Waals surface area contributed by atoms with Gasteiger partial charge in [-0.15, -0.1) is 0 Å². The van der Waals surface area contributed by atoms with Crippen LogP contribution in [0.4, 0.5) is 0 Å². The van der Waals surface area contributed by atoms with Crippen LogP contribution < -0.4 is 0 Å². The number of piperidine rings is 2. The van der Waals surface area contributed by atoms with Crippen LogP contribution in [0.3, 0.4) is 0 Å². The molecule has 4 nitrogen and oxygen atoms in total. The molecule has 0 bridgehead atoms. The van der Waals surface area contributed by atoms with E-state index in [0.29, 0.717) is 26.2 Å². The summed E-state index contributed by atoms with van der Waals surface area (Å²) in [5, 5.41) is 0. The van der Waals surface area contributed by atoms with E-state index in [2.05, 4.69) is 48.5 Å². The second-order valence-electron chi connectivity index (χ2n) is 7.72. The van der Waals surface area contributed by atoms with Gasteiger partial charge in [0.25, 0.3) is 10.2 Å². The Morgan fingerprint density at radius 2 is 1.19 bits per heavy atom. The molecule has 2 fully saturated rings. The van der Waals surface area contributed by atoms with Gasteiger partial charge in [0.05, 0.1) is 0 Å². The molecule has 5 heteroatoms. The smallest absolute Gasteiger partial charge is 0.195 e. The van der Waals surface area contributed by atoms with Crippen molar-refractivity contribution < 1.29 is 8.42 Å². The molecule has 0 unspecified atom stereocenters. The minimum Gasteiger partial charge on any atom is -0.195 e. The molecule has 27 heavy (non-hydrogen) atoms. The summed E-state index contributed by atoms with van der Waals surface area (Å²) in [5.74, 6) is 0. The van der Waals surface area contributed by atoms with Gasteiger partial charge in [-0.05, 0) is 36.8 Å². The lowest BCUT2D eigenvalue weighted by Gasteiger charge is -2.44. The highest BCUT2D eigenvalue weighted by Gasteiger charge is 2.43. The van der Waals surface area contributed by atoms with Gasteiger partial charge in [0, 0.05) is 31.6 Å². The van der Waals surface area contributed by atoms with Gasteiger partial charge in [0.2, 0.25) is 0 Å². The molecule has 2 heterocycles. The first-order valence-corrected chi connectivity index (χ1v) is 11.4. The van der Waals surface area contributed by atoms with Gasteiger partial charge in [0.1, 0.15) is 0 Å². The molecule has 0 aliphatic carbocycles. The van der Waals surface area contributed by atoms with Gasteiger partial charge in [-0.3, -0.25) is 0 Å².